The molecule has 4 heteroatoms. The first-order chi connectivity index (χ1) is 6.17. The molecule has 0 aliphatic rings. The Morgan fingerprint density at radius 1 is 1.54 bits per heavy atom. The van der Waals surface area contributed by atoms with Crippen LogP contribution in [0.25, 0.3) is 0 Å². The van der Waals surface area contributed by atoms with Crippen LogP contribution in [-0.2, 0) is 0 Å². The van der Waals surface area contributed by atoms with Gasteiger partial charge in [-0.2, -0.15) is 0 Å². The molecule has 0 radical (unpaired) electrons. The summed E-state index contributed by atoms with van der Waals surface area (Å²) in [5, 5.41) is 0. The summed E-state index contributed by atoms with van der Waals surface area (Å²) in [6.45, 7) is 1.39. The summed E-state index contributed by atoms with van der Waals surface area (Å²) >= 11 is 0. The molecule has 1 aromatic rings. The number of ether oxygens (including phenoxy) is 1. The van der Waals surface area contributed by atoms with E-state index in [0.717, 1.165) is 0 Å². The van der Waals surface area contributed by atoms with Crippen LogP contribution < -0.4 is 4.74 Å². The molecule has 0 aliphatic carbocycles. The molecule has 0 atom stereocenters. The van der Waals surface area contributed by atoms with E-state index in [1.807, 2.05) is 0 Å². The molecule has 13 heavy (non-hydrogen) atoms. The van der Waals surface area contributed by atoms with Gasteiger partial charge >= 0.3 is 0 Å². The molecule has 68 valence electrons. The van der Waals surface area contributed by atoms with Crippen LogP contribution in [0.4, 0.5) is 0 Å². The number of hydrogen-bond acceptors (Lipinski definition) is 4. The second-order valence-corrected chi connectivity index (χ2v) is 2.49. The van der Waals surface area contributed by atoms with Gasteiger partial charge in [0.25, 0.3) is 0 Å². The fraction of sp³-hybridized carbons (Fsp3) is 0.222. The monoisotopic (exact) mass is 179 g/mol. The quantitative estimate of drug-likeness (QED) is 0.515. The van der Waals surface area contributed by atoms with E-state index < -0.39 is 0 Å². The second-order valence-electron chi connectivity index (χ2n) is 2.49. The molecular weight excluding hydrogens is 170 g/mol. The van der Waals surface area contributed by atoms with Gasteiger partial charge in [-0.1, -0.05) is 0 Å². The molecule has 4 nitrogen and oxygen atoms in total. The SMILES string of the molecule is COc1cc(C=O)nc(C(C)=O)c1. The summed E-state index contributed by atoms with van der Waals surface area (Å²) in [6.07, 6.45) is 0.578. The lowest BCUT2D eigenvalue weighted by Gasteiger charge is -2.01. The predicted molar refractivity (Wildman–Crippen MR) is 46.2 cm³/mol. The number of ketones is 1. The standard InChI is InChI=1S/C9H9NO3/c1-6(12)9-4-8(13-2)3-7(5-11)10-9/h3-5H,1-2H3. The van der Waals surface area contributed by atoms with Gasteiger partial charge in [-0.15, -0.1) is 0 Å². The van der Waals surface area contributed by atoms with Crippen LogP contribution in [-0.4, -0.2) is 24.2 Å². The molecular formula is C9H9NO3. The summed E-state index contributed by atoms with van der Waals surface area (Å²) in [4.78, 5) is 25.2. The van der Waals surface area contributed by atoms with Crippen molar-refractivity contribution >= 4 is 12.1 Å². The Bertz CT molecular complexity index is 347. The third-order valence-electron chi connectivity index (χ3n) is 1.54. The Morgan fingerprint density at radius 3 is 2.69 bits per heavy atom. The maximum atomic E-state index is 10.9. The first-order valence-corrected chi connectivity index (χ1v) is 3.69. The van der Waals surface area contributed by atoms with Crippen molar-refractivity contribution in [3.05, 3.63) is 23.5 Å². The van der Waals surface area contributed by atoms with Crippen molar-refractivity contribution in [1.82, 2.24) is 4.98 Å². The van der Waals surface area contributed by atoms with E-state index in [1.54, 1.807) is 0 Å². The van der Waals surface area contributed by atoms with E-state index >= 15 is 0 Å². The Hall–Kier alpha value is -1.71. The number of nitrogens with zero attached hydrogens (tertiary/aromatic N) is 1. The number of pyridine rings is 1. The third kappa shape index (κ3) is 2.11. The molecule has 0 aliphatic heterocycles. The number of hydrogen-bond donors (Lipinski definition) is 0. The number of carbonyl (C=O) groups excluding carboxylic acids is 2. The molecule has 0 bridgehead atoms. The summed E-state index contributed by atoms with van der Waals surface area (Å²) in [6, 6.07) is 2.97. The van der Waals surface area contributed by atoms with Gasteiger partial charge in [0.2, 0.25) is 0 Å². The van der Waals surface area contributed by atoms with Gasteiger partial charge in [0.05, 0.1) is 7.11 Å². The molecule has 0 saturated heterocycles. The van der Waals surface area contributed by atoms with Gasteiger partial charge in [-0.05, 0) is 0 Å². The van der Waals surface area contributed by atoms with E-state index in [4.69, 9.17) is 4.74 Å². The lowest BCUT2D eigenvalue weighted by Crippen LogP contribution is -2.00. The highest BCUT2D eigenvalue weighted by Crippen LogP contribution is 2.12. The number of rotatable bonds is 3. The van der Waals surface area contributed by atoms with Crippen LogP contribution in [0.5, 0.6) is 5.75 Å². The summed E-state index contributed by atoms with van der Waals surface area (Å²) in [5.74, 6) is 0.268. The molecule has 0 saturated carbocycles. The van der Waals surface area contributed by atoms with Crippen molar-refractivity contribution in [2.45, 2.75) is 6.92 Å². The van der Waals surface area contributed by atoms with Crippen LogP contribution in [0.15, 0.2) is 12.1 Å². The van der Waals surface area contributed by atoms with E-state index in [-0.39, 0.29) is 17.2 Å². The third-order valence-corrected chi connectivity index (χ3v) is 1.54. The Kier molecular flexibility index (Phi) is 2.74. The zero-order valence-electron chi connectivity index (χ0n) is 7.40. The Balaban J connectivity index is 3.22. The summed E-state index contributed by atoms with van der Waals surface area (Å²) in [7, 11) is 1.47. The number of carbonyl (C=O) groups is 2. The molecule has 0 aromatic carbocycles. The van der Waals surface area contributed by atoms with E-state index in [2.05, 4.69) is 4.98 Å². The zero-order chi connectivity index (χ0) is 9.84. The van der Waals surface area contributed by atoms with Gasteiger partial charge in [0.1, 0.15) is 17.1 Å². The van der Waals surface area contributed by atoms with E-state index in [0.29, 0.717) is 12.0 Å². The molecule has 1 aromatic heterocycles. The highest BCUT2D eigenvalue weighted by atomic mass is 16.5. The number of aldehydes is 1. The summed E-state index contributed by atoms with van der Waals surface area (Å²) < 4.78 is 4.90. The largest absolute Gasteiger partial charge is 0.497 e. The molecule has 1 heterocycles. The summed E-state index contributed by atoms with van der Waals surface area (Å²) in [5.41, 5.74) is 0.436. The van der Waals surface area contributed by atoms with Crippen LogP contribution in [0, 0.1) is 0 Å². The average Bonchev–Trinajstić information content (AvgIpc) is 2.16. The van der Waals surface area contributed by atoms with E-state index in [1.165, 1.54) is 26.2 Å². The normalized spacial score (nSPS) is 9.38. The van der Waals surface area contributed by atoms with Crippen LogP contribution in [0.3, 0.4) is 0 Å². The van der Waals surface area contributed by atoms with Crippen molar-refractivity contribution in [3.8, 4) is 5.75 Å². The first kappa shape index (κ1) is 9.38. The highest BCUT2D eigenvalue weighted by molar-refractivity contribution is 5.93. The second kappa shape index (κ2) is 3.80. The smallest absolute Gasteiger partial charge is 0.178 e. The van der Waals surface area contributed by atoms with Crippen molar-refractivity contribution in [3.63, 3.8) is 0 Å². The topological polar surface area (TPSA) is 56.3 Å². The fourth-order valence-electron chi connectivity index (χ4n) is 0.884. The Morgan fingerprint density at radius 2 is 2.23 bits per heavy atom. The van der Waals surface area contributed by atoms with Crippen molar-refractivity contribution < 1.29 is 14.3 Å². The highest BCUT2D eigenvalue weighted by Gasteiger charge is 2.05. The number of methoxy groups -OCH3 is 1. The molecule has 0 N–H and O–H groups in total. The lowest BCUT2D eigenvalue weighted by atomic mass is 10.2. The molecule has 0 fully saturated rings. The Labute approximate surface area is 75.5 Å². The molecule has 0 amide bonds. The fourth-order valence-corrected chi connectivity index (χ4v) is 0.884. The van der Waals surface area contributed by atoms with Gasteiger partial charge in [-0.25, -0.2) is 4.98 Å². The molecule has 0 unspecified atom stereocenters. The number of Topliss-reactive ketones (excluding diaryl/α,β-unsaturated/α-hetero) is 1. The van der Waals surface area contributed by atoms with Gasteiger partial charge < -0.3 is 4.74 Å². The zero-order valence-corrected chi connectivity index (χ0v) is 7.40. The minimum absolute atomic E-state index is 0.193. The van der Waals surface area contributed by atoms with Crippen LogP contribution >= 0.6 is 0 Å². The van der Waals surface area contributed by atoms with Crippen molar-refractivity contribution in [2.24, 2.45) is 0 Å². The molecule has 0 spiro atoms. The maximum Gasteiger partial charge on any atom is 0.178 e. The van der Waals surface area contributed by atoms with Gasteiger partial charge in [0.15, 0.2) is 12.1 Å². The number of aromatic nitrogens is 1. The maximum absolute atomic E-state index is 10.9. The van der Waals surface area contributed by atoms with E-state index in [9.17, 15) is 9.59 Å². The minimum Gasteiger partial charge on any atom is -0.497 e. The van der Waals surface area contributed by atoms with Crippen molar-refractivity contribution in [2.75, 3.05) is 7.11 Å². The minimum atomic E-state index is -0.193. The first-order valence-electron chi connectivity index (χ1n) is 3.69. The van der Waals surface area contributed by atoms with Crippen LogP contribution in [0.1, 0.15) is 27.9 Å². The average molecular weight is 179 g/mol. The lowest BCUT2D eigenvalue weighted by molar-refractivity contribution is 0.101. The van der Waals surface area contributed by atoms with Crippen molar-refractivity contribution in [1.29, 1.82) is 0 Å². The van der Waals surface area contributed by atoms with Crippen LogP contribution in [0.2, 0.25) is 0 Å². The van der Waals surface area contributed by atoms with Gasteiger partial charge in [0, 0.05) is 19.1 Å². The van der Waals surface area contributed by atoms with Gasteiger partial charge in [-0.3, -0.25) is 9.59 Å². The molecule has 1 rings (SSSR count). The predicted octanol–water partition coefficient (Wildman–Crippen LogP) is 1.11.